The molecule has 23 heavy (non-hydrogen) atoms. The van der Waals surface area contributed by atoms with Crippen molar-refractivity contribution in [2.75, 3.05) is 27.2 Å². The van der Waals surface area contributed by atoms with Gasteiger partial charge in [-0.25, -0.2) is 9.07 Å². The Hall–Kier alpha value is -2.12. The highest BCUT2D eigenvalue weighted by Crippen LogP contribution is 2.21. The molecule has 0 unspecified atom stereocenters. The molecule has 1 aromatic carbocycles. The van der Waals surface area contributed by atoms with Crippen LogP contribution < -0.4 is 5.32 Å². The molecule has 0 atom stereocenters. The van der Waals surface area contributed by atoms with Crippen LogP contribution in [-0.4, -0.2) is 52.9 Å². The summed E-state index contributed by atoms with van der Waals surface area (Å²) < 4.78 is 14.5. The second-order valence-corrected chi connectivity index (χ2v) is 5.07. The van der Waals surface area contributed by atoms with Crippen molar-refractivity contribution in [3.63, 3.8) is 0 Å². The molecule has 0 fully saturated rings. The molecule has 0 saturated carbocycles. The van der Waals surface area contributed by atoms with Crippen LogP contribution in [0.2, 0.25) is 0 Å². The highest BCUT2D eigenvalue weighted by Gasteiger charge is 2.20. The molecule has 8 heteroatoms. The van der Waals surface area contributed by atoms with E-state index in [0.717, 1.165) is 0 Å². The Bertz CT molecular complexity index is 690. The summed E-state index contributed by atoms with van der Waals surface area (Å²) >= 11 is 0. The normalized spacial score (nSPS) is 10.3. The van der Waals surface area contributed by atoms with Crippen molar-refractivity contribution < 1.29 is 14.3 Å². The fourth-order valence-corrected chi connectivity index (χ4v) is 2.08. The molecule has 0 aliphatic carbocycles. The Morgan fingerprint density at radius 3 is 2.78 bits per heavy atom. The maximum atomic E-state index is 13.2. The quantitative estimate of drug-likeness (QED) is 0.868. The molecular formula is C15H20ClFN4O2. The highest BCUT2D eigenvalue weighted by molar-refractivity contribution is 5.94. The van der Waals surface area contributed by atoms with Gasteiger partial charge >= 0.3 is 0 Å². The van der Waals surface area contributed by atoms with Gasteiger partial charge in [-0.3, -0.25) is 4.79 Å². The number of likely N-dealkylation sites (N-methyl/N-ethyl adjacent to an activating group) is 2. The number of halogens is 2. The van der Waals surface area contributed by atoms with Gasteiger partial charge in [-0.2, -0.15) is 5.10 Å². The average Bonchev–Trinajstić information content (AvgIpc) is 2.85. The number of rotatable bonds is 5. The lowest BCUT2D eigenvalue weighted by Gasteiger charge is -2.15. The third kappa shape index (κ3) is 4.20. The summed E-state index contributed by atoms with van der Waals surface area (Å²) in [6.45, 7) is 2.87. The van der Waals surface area contributed by atoms with Gasteiger partial charge in [0.25, 0.3) is 5.91 Å². The molecule has 1 heterocycles. The molecule has 0 aliphatic heterocycles. The fourth-order valence-electron chi connectivity index (χ4n) is 2.08. The number of nitrogens with zero attached hydrogens (tertiary/aromatic N) is 3. The lowest BCUT2D eigenvalue weighted by Crippen LogP contribution is -2.33. The van der Waals surface area contributed by atoms with Gasteiger partial charge in [-0.05, 0) is 37.7 Å². The third-order valence-electron chi connectivity index (χ3n) is 3.35. The first-order chi connectivity index (χ1) is 10.4. The summed E-state index contributed by atoms with van der Waals surface area (Å²) in [6, 6.07) is 4.23. The molecule has 0 spiro atoms. The molecule has 0 saturated heterocycles. The summed E-state index contributed by atoms with van der Waals surface area (Å²) in [5.74, 6) is -0.919. The monoisotopic (exact) mass is 342 g/mol. The van der Waals surface area contributed by atoms with Crippen LogP contribution in [0.1, 0.15) is 16.1 Å². The number of hydrogen-bond acceptors (Lipinski definition) is 4. The maximum Gasteiger partial charge on any atom is 0.278 e. The van der Waals surface area contributed by atoms with Crippen molar-refractivity contribution in [2.45, 2.75) is 6.92 Å². The number of hydrogen-bond donors (Lipinski definition) is 2. The van der Waals surface area contributed by atoms with E-state index in [1.54, 1.807) is 27.1 Å². The molecule has 1 aromatic heterocycles. The number of aryl methyl sites for hydroxylation is 1. The number of benzene rings is 1. The third-order valence-corrected chi connectivity index (χ3v) is 3.35. The number of carbonyl (C=O) groups is 1. The van der Waals surface area contributed by atoms with Gasteiger partial charge in [0.1, 0.15) is 5.82 Å². The molecule has 0 radical (unpaired) electrons. The van der Waals surface area contributed by atoms with Crippen LogP contribution in [0.4, 0.5) is 4.39 Å². The van der Waals surface area contributed by atoms with Crippen molar-refractivity contribution in [3.8, 4) is 11.4 Å². The van der Waals surface area contributed by atoms with Crippen LogP contribution in [0, 0.1) is 12.7 Å². The first kappa shape index (κ1) is 18.9. The van der Waals surface area contributed by atoms with Crippen LogP contribution in [-0.2, 0) is 0 Å². The first-order valence-corrected chi connectivity index (χ1v) is 6.89. The maximum absolute atomic E-state index is 13.2. The van der Waals surface area contributed by atoms with E-state index in [1.807, 2.05) is 0 Å². The van der Waals surface area contributed by atoms with Crippen LogP contribution in [0.5, 0.6) is 5.75 Å². The van der Waals surface area contributed by atoms with E-state index in [2.05, 4.69) is 10.4 Å². The minimum atomic E-state index is -0.369. The molecule has 0 bridgehead atoms. The summed E-state index contributed by atoms with van der Waals surface area (Å²) in [5.41, 5.74) is 1.24. The van der Waals surface area contributed by atoms with Gasteiger partial charge in [-0.1, -0.05) is 0 Å². The Balaban J connectivity index is 0.00000264. The lowest BCUT2D eigenvalue weighted by atomic mass is 10.2. The SMILES string of the molecule is CNCCN(C)C(=O)c1nn(-c2ccc(F)cc2C)cc1O.Cl. The van der Waals surface area contributed by atoms with Crippen molar-refractivity contribution in [3.05, 3.63) is 41.5 Å². The molecule has 2 rings (SSSR count). The number of aromatic hydroxyl groups is 1. The van der Waals surface area contributed by atoms with Crippen LogP contribution in [0.3, 0.4) is 0 Å². The topological polar surface area (TPSA) is 70.4 Å². The van der Waals surface area contributed by atoms with Gasteiger partial charge < -0.3 is 15.3 Å². The summed E-state index contributed by atoms with van der Waals surface area (Å²) in [6.07, 6.45) is 1.35. The number of amides is 1. The second-order valence-electron chi connectivity index (χ2n) is 5.07. The number of nitrogens with one attached hydrogen (secondary N) is 1. The Morgan fingerprint density at radius 1 is 1.48 bits per heavy atom. The van der Waals surface area contributed by atoms with E-state index in [1.165, 1.54) is 27.9 Å². The van der Waals surface area contributed by atoms with Gasteiger partial charge in [0, 0.05) is 20.1 Å². The van der Waals surface area contributed by atoms with Gasteiger partial charge in [0.15, 0.2) is 11.4 Å². The van der Waals surface area contributed by atoms with Crippen LogP contribution >= 0.6 is 12.4 Å². The van der Waals surface area contributed by atoms with Crippen LogP contribution in [0.25, 0.3) is 5.69 Å². The summed E-state index contributed by atoms with van der Waals surface area (Å²) in [4.78, 5) is 13.7. The fraction of sp³-hybridized carbons (Fsp3) is 0.333. The second kappa shape index (κ2) is 7.94. The zero-order valence-corrected chi connectivity index (χ0v) is 14.0. The van der Waals surface area contributed by atoms with Crippen molar-refractivity contribution in [1.82, 2.24) is 20.0 Å². The number of carbonyl (C=O) groups excluding carboxylic acids is 1. The predicted octanol–water partition coefficient (Wildman–Crippen LogP) is 1.74. The lowest BCUT2D eigenvalue weighted by molar-refractivity contribution is 0.0787. The molecule has 1 amide bonds. The van der Waals surface area contributed by atoms with E-state index in [0.29, 0.717) is 24.3 Å². The Morgan fingerprint density at radius 2 is 2.17 bits per heavy atom. The minimum Gasteiger partial charge on any atom is -0.504 e. The van der Waals surface area contributed by atoms with E-state index in [9.17, 15) is 14.3 Å². The minimum absolute atomic E-state index is 0. The molecule has 2 N–H and O–H groups in total. The zero-order valence-electron chi connectivity index (χ0n) is 13.2. The van der Waals surface area contributed by atoms with Gasteiger partial charge in [0.2, 0.25) is 0 Å². The van der Waals surface area contributed by atoms with Crippen LogP contribution in [0.15, 0.2) is 24.4 Å². The zero-order chi connectivity index (χ0) is 16.3. The Kier molecular flexibility index (Phi) is 6.53. The highest BCUT2D eigenvalue weighted by atomic mass is 35.5. The molecule has 6 nitrogen and oxygen atoms in total. The Labute approximate surface area is 140 Å². The molecular weight excluding hydrogens is 323 g/mol. The van der Waals surface area contributed by atoms with E-state index in [-0.39, 0.29) is 35.6 Å². The first-order valence-electron chi connectivity index (χ1n) is 6.89. The van der Waals surface area contributed by atoms with Crippen molar-refractivity contribution in [2.24, 2.45) is 0 Å². The number of aromatic nitrogens is 2. The standard InChI is InChI=1S/C15H19FN4O2.ClH/c1-10-8-11(16)4-5-12(10)20-9-13(21)14(18-20)15(22)19(3)7-6-17-2;/h4-5,8-9,17,21H,6-7H2,1-3H3;1H. The van der Waals surface area contributed by atoms with E-state index in [4.69, 9.17) is 0 Å². The van der Waals surface area contributed by atoms with Gasteiger partial charge in [-0.15, -0.1) is 12.4 Å². The van der Waals surface area contributed by atoms with Crippen molar-refractivity contribution >= 4 is 18.3 Å². The largest absolute Gasteiger partial charge is 0.504 e. The van der Waals surface area contributed by atoms with E-state index < -0.39 is 0 Å². The predicted molar refractivity (Wildman–Crippen MR) is 88.1 cm³/mol. The van der Waals surface area contributed by atoms with Crippen molar-refractivity contribution in [1.29, 1.82) is 0 Å². The van der Waals surface area contributed by atoms with E-state index >= 15 is 0 Å². The molecule has 0 aliphatic rings. The summed E-state index contributed by atoms with van der Waals surface area (Å²) in [5, 5.41) is 17.0. The summed E-state index contributed by atoms with van der Waals surface area (Å²) in [7, 11) is 3.43. The molecule has 2 aromatic rings. The smallest absolute Gasteiger partial charge is 0.278 e. The molecule has 126 valence electrons. The van der Waals surface area contributed by atoms with Gasteiger partial charge in [0.05, 0.1) is 11.9 Å². The average molecular weight is 343 g/mol.